The van der Waals surface area contributed by atoms with Gasteiger partial charge in [-0.15, -0.1) is 0 Å². The van der Waals surface area contributed by atoms with Gasteiger partial charge in [-0.3, -0.25) is 14.5 Å². The number of benzene rings is 1. The second-order valence-electron chi connectivity index (χ2n) is 7.10. The molecule has 1 unspecified atom stereocenters. The molecular weight excluding hydrogens is 333 g/mol. The van der Waals surface area contributed by atoms with Gasteiger partial charge in [0.1, 0.15) is 5.82 Å². The third kappa shape index (κ3) is 6.41. The molecule has 2 amide bonds. The fourth-order valence-corrected chi connectivity index (χ4v) is 3.60. The topological polar surface area (TPSA) is 66.6 Å². The number of nitrogens with zero attached hydrogens (tertiary/aromatic N) is 2. The van der Waals surface area contributed by atoms with Crippen LogP contribution in [0.15, 0.2) is 24.3 Å². The van der Waals surface area contributed by atoms with Crippen LogP contribution in [0.4, 0.5) is 10.1 Å². The van der Waals surface area contributed by atoms with Crippen molar-refractivity contribution in [2.24, 2.45) is 11.7 Å². The van der Waals surface area contributed by atoms with E-state index in [9.17, 15) is 14.0 Å². The molecule has 144 valence electrons. The molecule has 2 rings (SSSR count). The summed E-state index contributed by atoms with van der Waals surface area (Å²) in [6, 6.07) is 5.77. The Kier molecular flexibility index (Phi) is 8.04. The molecule has 5 nitrogen and oxygen atoms in total. The Labute approximate surface area is 155 Å². The molecule has 1 saturated heterocycles. The highest BCUT2D eigenvalue weighted by molar-refractivity contribution is 5.95. The van der Waals surface area contributed by atoms with Crippen molar-refractivity contribution in [2.75, 3.05) is 31.1 Å². The van der Waals surface area contributed by atoms with Crippen LogP contribution in [-0.2, 0) is 9.59 Å². The molecule has 1 atom stereocenters. The summed E-state index contributed by atoms with van der Waals surface area (Å²) in [4.78, 5) is 27.8. The number of likely N-dealkylation sites (tertiary alicyclic amines) is 1. The monoisotopic (exact) mass is 363 g/mol. The highest BCUT2D eigenvalue weighted by Gasteiger charge is 2.22. The van der Waals surface area contributed by atoms with Crippen molar-refractivity contribution in [2.45, 2.75) is 45.4 Å². The number of anilines is 1. The number of hydrogen-bond donors (Lipinski definition) is 1. The van der Waals surface area contributed by atoms with Gasteiger partial charge in [0.05, 0.1) is 6.54 Å². The normalized spacial score (nSPS) is 18.3. The molecule has 1 heterocycles. The van der Waals surface area contributed by atoms with E-state index < -0.39 is 5.91 Å². The minimum absolute atomic E-state index is 0.0770. The number of carbonyl (C=O) groups excluding carboxylic acids is 2. The first-order valence-electron chi connectivity index (χ1n) is 9.56. The Morgan fingerprint density at radius 2 is 1.96 bits per heavy atom. The summed E-state index contributed by atoms with van der Waals surface area (Å²) < 4.78 is 13.2. The van der Waals surface area contributed by atoms with E-state index in [0.29, 0.717) is 12.2 Å². The van der Waals surface area contributed by atoms with Crippen molar-refractivity contribution in [1.29, 1.82) is 0 Å². The second kappa shape index (κ2) is 10.3. The van der Waals surface area contributed by atoms with Crippen molar-refractivity contribution in [1.82, 2.24) is 4.90 Å². The molecule has 0 aliphatic carbocycles. The van der Waals surface area contributed by atoms with Crippen molar-refractivity contribution < 1.29 is 14.0 Å². The van der Waals surface area contributed by atoms with Gasteiger partial charge in [-0.2, -0.15) is 0 Å². The smallest absolute Gasteiger partial charge is 0.241 e. The van der Waals surface area contributed by atoms with Crippen molar-refractivity contribution in [3.05, 3.63) is 30.1 Å². The average Bonchev–Trinajstić information content (AvgIpc) is 2.82. The summed E-state index contributed by atoms with van der Waals surface area (Å²) in [5.41, 5.74) is 5.84. The zero-order valence-corrected chi connectivity index (χ0v) is 15.6. The standard InChI is InChI=1S/C20H30FN3O2/c1-2-4-16-5-3-12-23(13-10-16)15-20(26)24(14-11-19(22)25)18-8-6-17(21)7-9-18/h6-9,16H,2-5,10-15H2,1H3,(H2,22,25). The molecule has 1 aromatic rings. The van der Waals surface area contributed by atoms with Crippen LogP contribution in [0.3, 0.4) is 0 Å². The maximum atomic E-state index is 13.2. The Morgan fingerprint density at radius 1 is 1.23 bits per heavy atom. The minimum atomic E-state index is -0.456. The van der Waals surface area contributed by atoms with Gasteiger partial charge < -0.3 is 10.6 Å². The number of hydrogen-bond acceptors (Lipinski definition) is 3. The molecule has 0 saturated carbocycles. The van der Waals surface area contributed by atoms with Crippen LogP contribution in [-0.4, -0.2) is 42.9 Å². The molecular formula is C20H30FN3O2. The highest BCUT2D eigenvalue weighted by Crippen LogP contribution is 2.22. The van der Waals surface area contributed by atoms with E-state index in [0.717, 1.165) is 31.8 Å². The van der Waals surface area contributed by atoms with Crippen LogP contribution in [0.1, 0.15) is 45.4 Å². The van der Waals surface area contributed by atoms with E-state index >= 15 is 0 Å². The largest absolute Gasteiger partial charge is 0.370 e. The summed E-state index contributed by atoms with van der Waals surface area (Å²) in [6.07, 6.45) is 6.00. The SMILES string of the molecule is CCCC1CCCN(CC(=O)N(CCC(N)=O)c2ccc(F)cc2)CC1. The summed E-state index contributed by atoms with van der Waals surface area (Å²) in [5, 5.41) is 0. The number of amides is 2. The lowest BCUT2D eigenvalue weighted by molar-refractivity contribution is -0.120. The lowest BCUT2D eigenvalue weighted by Crippen LogP contribution is -2.42. The molecule has 0 bridgehead atoms. The summed E-state index contributed by atoms with van der Waals surface area (Å²) in [5.74, 6) is -0.136. The van der Waals surface area contributed by atoms with E-state index in [1.807, 2.05) is 0 Å². The average molecular weight is 363 g/mol. The van der Waals surface area contributed by atoms with E-state index in [-0.39, 0.29) is 24.7 Å². The number of carbonyl (C=O) groups is 2. The first-order chi connectivity index (χ1) is 12.5. The molecule has 1 aliphatic rings. The molecule has 1 fully saturated rings. The van der Waals surface area contributed by atoms with Crippen LogP contribution in [0.5, 0.6) is 0 Å². The maximum absolute atomic E-state index is 13.2. The first-order valence-corrected chi connectivity index (χ1v) is 9.56. The Hall–Kier alpha value is -1.95. The highest BCUT2D eigenvalue weighted by atomic mass is 19.1. The second-order valence-corrected chi connectivity index (χ2v) is 7.10. The molecule has 1 aromatic carbocycles. The maximum Gasteiger partial charge on any atom is 0.241 e. The molecule has 6 heteroatoms. The van der Waals surface area contributed by atoms with Gasteiger partial charge in [-0.25, -0.2) is 4.39 Å². The van der Waals surface area contributed by atoms with Gasteiger partial charge in [0.25, 0.3) is 0 Å². The Bertz CT molecular complexity index is 591. The lowest BCUT2D eigenvalue weighted by atomic mass is 9.96. The minimum Gasteiger partial charge on any atom is -0.370 e. The molecule has 2 N–H and O–H groups in total. The summed E-state index contributed by atoms with van der Waals surface area (Å²) >= 11 is 0. The van der Waals surface area contributed by atoms with Crippen molar-refractivity contribution in [3.8, 4) is 0 Å². The number of primary amides is 1. The fourth-order valence-electron chi connectivity index (χ4n) is 3.60. The lowest BCUT2D eigenvalue weighted by Gasteiger charge is -2.26. The van der Waals surface area contributed by atoms with Gasteiger partial charge in [0.15, 0.2) is 0 Å². The van der Waals surface area contributed by atoms with Gasteiger partial charge in [-0.1, -0.05) is 19.8 Å². The van der Waals surface area contributed by atoms with E-state index in [1.54, 1.807) is 17.0 Å². The zero-order chi connectivity index (χ0) is 18.9. The predicted molar refractivity (Wildman–Crippen MR) is 101 cm³/mol. The van der Waals surface area contributed by atoms with Crippen molar-refractivity contribution >= 4 is 17.5 Å². The number of rotatable bonds is 8. The molecule has 0 radical (unpaired) electrons. The van der Waals surface area contributed by atoms with Crippen LogP contribution in [0.25, 0.3) is 0 Å². The third-order valence-electron chi connectivity index (χ3n) is 5.02. The third-order valence-corrected chi connectivity index (χ3v) is 5.02. The van der Waals surface area contributed by atoms with Gasteiger partial charge in [0, 0.05) is 18.7 Å². The van der Waals surface area contributed by atoms with Crippen LogP contribution >= 0.6 is 0 Å². The Morgan fingerprint density at radius 3 is 2.62 bits per heavy atom. The zero-order valence-electron chi connectivity index (χ0n) is 15.6. The number of halogens is 1. The van der Waals surface area contributed by atoms with E-state index in [1.165, 1.54) is 31.4 Å². The van der Waals surface area contributed by atoms with Gasteiger partial charge in [0.2, 0.25) is 11.8 Å². The van der Waals surface area contributed by atoms with Gasteiger partial charge >= 0.3 is 0 Å². The number of nitrogens with two attached hydrogens (primary N) is 1. The summed E-state index contributed by atoms with van der Waals surface area (Å²) in [6.45, 7) is 4.58. The van der Waals surface area contributed by atoms with Crippen LogP contribution in [0, 0.1) is 11.7 Å². The fraction of sp³-hybridized carbons (Fsp3) is 0.600. The van der Waals surface area contributed by atoms with E-state index in [4.69, 9.17) is 5.73 Å². The van der Waals surface area contributed by atoms with E-state index in [2.05, 4.69) is 11.8 Å². The quantitative estimate of drug-likeness (QED) is 0.772. The van der Waals surface area contributed by atoms with Crippen LogP contribution in [0.2, 0.25) is 0 Å². The predicted octanol–water partition coefficient (Wildman–Crippen LogP) is 2.94. The molecule has 0 spiro atoms. The molecule has 1 aliphatic heterocycles. The summed E-state index contributed by atoms with van der Waals surface area (Å²) in [7, 11) is 0. The van der Waals surface area contributed by atoms with Crippen LogP contribution < -0.4 is 10.6 Å². The molecule has 0 aromatic heterocycles. The van der Waals surface area contributed by atoms with Crippen molar-refractivity contribution in [3.63, 3.8) is 0 Å². The van der Waals surface area contributed by atoms with Gasteiger partial charge in [-0.05, 0) is 62.5 Å². The molecule has 26 heavy (non-hydrogen) atoms. The Balaban J connectivity index is 2.01. The first kappa shape index (κ1) is 20.4.